The van der Waals surface area contributed by atoms with Gasteiger partial charge in [-0.15, -0.1) is 0 Å². The van der Waals surface area contributed by atoms with Gasteiger partial charge in [0, 0.05) is 18.7 Å². The molecule has 10 heteroatoms. The maximum Gasteiger partial charge on any atom is 0.407 e. The summed E-state index contributed by atoms with van der Waals surface area (Å²) in [5.74, 6) is 0.207. The van der Waals surface area contributed by atoms with Gasteiger partial charge < -0.3 is 19.5 Å². The molecular formula is C31H37N5O5. The summed E-state index contributed by atoms with van der Waals surface area (Å²) in [5, 5.41) is 7.06. The minimum Gasteiger partial charge on any atom is -0.444 e. The van der Waals surface area contributed by atoms with Gasteiger partial charge in [-0.3, -0.25) is 14.2 Å². The van der Waals surface area contributed by atoms with Crippen LogP contribution < -0.4 is 10.9 Å². The number of nitrogens with zero attached hydrogens (tertiary/aromatic N) is 4. The number of rotatable bonds is 10. The Labute approximate surface area is 239 Å². The lowest BCUT2D eigenvalue weighted by molar-refractivity contribution is 0.0523. The molecule has 2 aromatic carbocycles. The second-order valence-electron chi connectivity index (χ2n) is 10.9. The highest BCUT2D eigenvalue weighted by molar-refractivity contribution is 5.94. The largest absolute Gasteiger partial charge is 0.444 e. The van der Waals surface area contributed by atoms with E-state index in [9.17, 15) is 14.4 Å². The van der Waals surface area contributed by atoms with Crippen LogP contribution in [0.2, 0.25) is 0 Å². The number of aryl methyl sites for hydroxylation is 1. The standard InChI is InChI=1S/C31H37N5O5/c1-6-24(26-33-27-25(21(2)34-41-27)29(38)36(26)20-22-14-9-7-10-15-22)35(28(37)23-16-11-8-12-17-23)19-13-18-32-30(39)40-31(3,4)5/h7-12,14-17,24H,6,13,18-20H2,1-5H3,(H,32,39). The number of ether oxygens (including phenoxy) is 1. The first-order valence-corrected chi connectivity index (χ1v) is 13.8. The molecule has 0 fully saturated rings. The predicted octanol–water partition coefficient (Wildman–Crippen LogP) is 5.25. The summed E-state index contributed by atoms with van der Waals surface area (Å²) in [6.45, 7) is 9.93. The molecule has 2 amide bonds. The molecule has 4 rings (SSSR count). The molecule has 1 unspecified atom stereocenters. The number of aromatic nitrogens is 3. The van der Waals surface area contributed by atoms with Gasteiger partial charge in [-0.05, 0) is 58.2 Å². The van der Waals surface area contributed by atoms with Gasteiger partial charge in [-0.1, -0.05) is 60.6 Å². The fourth-order valence-electron chi connectivity index (χ4n) is 4.70. The number of carbonyl (C=O) groups is 2. The van der Waals surface area contributed by atoms with Gasteiger partial charge in [0.1, 0.15) is 16.8 Å². The molecule has 2 aromatic heterocycles. The number of amides is 2. The third-order valence-electron chi connectivity index (χ3n) is 6.57. The maximum absolute atomic E-state index is 13.9. The van der Waals surface area contributed by atoms with Crippen LogP contribution in [0.4, 0.5) is 4.79 Å². The van der Waals surface area contributed by atoms with E-state index in [2.05, 4.69) is 10.5 Å². The zero-order chi connectivity index (χ0) is 29.6. The number of benzene rings is 2. The highest BCUT2D eigenvalue weighted by atomic mass is 16.6. The van der Waals surface area contributed by atoms with Gasteiger partial charge >= 0.3 is 6.09 Å². The van der Waals surface area contributed by atoms with Crippen molar-refractivity contribution in [2.45, 2.75) is 65.6 Å². The minimum absolute atomic E-state index is 0.143. The van der Waals surface area contributed by atoms with Crippen molar-refractivity contribution in [3.8, 4) is 0 Å². The Hall–Kier alpha value is -4.47. The Balaban J connectivity index is 1.72. The first-order chi connectivity index (χ1) is 19.6. The molecule has 10 nitrogen and oxygen atoms in total. The number of hydrogen-bond acceptors (Lipinski definition) is 7. The summed E-state index contributed by atoms with van der Waals surface area (Å²) in [5.41, 5.74) is 1.15. The SMILES string of the molecule is CCC(c1nc2onc(C)c2c(=O)n1Cc1ccccc1)N(CCCNC(=O)OC(C)(C)C)C(=O)c1ccccc1. The zero-order valence-electron chi connectivity index (χ0n) is 24.2. The summed E-state index contributed by atoms with van der Waals surface area (Å²) >= 11 is 0. The molecule has 0 aliphatic rings. The van der Waals surface area contributed by atoms with Gasteiger partial charge in [0.15, 0.2) is 0 Å². The lowest BCUT2D eigenvalue weighted by atomic mass is 10.1. The van der Waals surface area contributed by atoms with Crippen LogP contribution in [0.5, 0.6) is 0 Å². The smallest absolute Gasteiger partial charge is 0.407 e. The average Bonchev–Trinajstić information content (AvgIpc) is 3.32. The second-order valence-corrected chi connectivity index (χ2v) is 10.9. The van der Waals surface area contributed by atoms with E-state index in [-0.39, 0.29) is 23.7 Å². The Morgan fingerprint density at radius 3 is 2.37 bits per heavy atom. The van der Waals surface area contributed by atoms with Crippen molar-refractivity contribution in [2.24, 2.45) is 0 Å². The summed E-state index contributed by atoms with van der Waals surface area (Å²) in [6, 6.07) is 18.1. The van der Waals surface area contributed by atoms with Gasteiger partial charge in [0.05, 0.1) is 18.3 Å². The third kappa shape index (κ3) is 7.19. The fraction of sp³-hybridized carbons (Fsp3) is 0.387. The molecular weight excluding hydrogens is 522 g/mol. The molecule has 0 spiro atoms. The number of fused-ring (bicyclic) bond motifs is 1. The summed E-state index contributed by atoms with van der Waals surface area (Å²) in [4.78, 5) is 46.4. The number of carbonyl (C=O) groups excluding carboxylic acids is 2. The summed E-state index contributed by atoms with van der Waals surface area (Å²) < 4.78 is 12.4. The molecule has 0 saturated heterocycles. The van der Waals surface area contributed by atoms with E-state index < -0.39 is 17.7 Å². The van der Waals surface area contributed by atoms with E-state index in [4.69, 9.17) is 14.2 Å². The molecule has 216 valence electrons. The van der Waals surface area contributed by atoms with Crippen molar-refractivity contribution < 1.29 is 18.8 Å². The average molecular weight is 560 g/mol. The topological polar surface area (TPSA) is 120 Å². The highest BCUT2D eigenvalue weighted by Gasteiger charge is 2.30. The number of nitrogens with one attached hydrogen (secondary N) is 1. The summed E-state index contributed by atoms with van der Waals surface area (Å²) in [6.07, 6.45) is 0.425. The van der Waals surface area contributed by atoms with Crippen molar-refractivity contribution >= 4 is 23.1 Å². The third-order valence-corrected chi connectivity index (χ3v) is 6.57. The molecule has 41 heavy (non-hydrogen) atoms. The molecule has 0 saturated carbocycles. The molecule has 4 aromatic rings. The van der Waals surface area contributed by atoms with Crippen LogP contribution in [-0.4, -0.2) is 50.3 Å². The first-order valence-electron chi connectivity index (χ1n) is 13.8. The molecule has 1 atom stereocenters. The lowest BCUT2D eigenvalue weighted by Gasteiger charge is -2.32. The van der Waals surface area contributed by atoms with Crippen molar-refractivity contribution in [2.75, 3.05) is 13.1 Å². The van der Waals surface area contributed by atoms with Gasteiger partial charge in [0.2, 0.25) is 0 Å². The van der Waals surface area contributed by atoms with Crippen LogP contribution in [0.3, 0.4) is 0 Å². The van der Waals surface area contributed by atoms with E-state index in [0.29, 0.717) is 48.4 Å². The Kier molecular flexibility index (Phi) is 9.21. The van der Waals surface area contributed by atoms with Crippen LogP contribution in [-0.2, 0) is 11.3 Å². The van der Waals surface area contributed by atoms with Gasteiger partial charge in [-0.2, -0.15) is 4.98 Å². The Morgan fingerprint density at radius 1 is 1.07 bits per heavy atom. The van der Waals surface area contributed by atoms with E-state index in [1.165, 1.54) is 0 Å². The molecule has 0 aliphatic heterocycles. The number of hydrogen-bond donors (Lipinski definition) is 1. The van der Waals surface area contributed by atoms with Crippen LogP contribution in [0.25, 0.3) is 11.1 Å². The van der Waals surface area contributed by atoms with Crippen molar-refractivity contribution in [3.63, 3.8) is 0 Å². The van der Waals surface area contributed by atoms with E-state index in [0.717, 1.165) is 5.56 Å². The normalized spacial score (nSPS) is 12.2. The van der Waals surface area contributed by atoms with E-state index in [1.807, 2.05) is 55.5 Å². The van der Waals surface area contributed by atoms with Crippen LogP contribution in [0.15, 0.2) is 70.0 Å². The second kappa shape index (κ2) is 12.8. The molecule has 1 N–H and O–H groups in total. The predicted molar refractivity (Wildman–Crippen MR) is 156 cm³/mol. The molecule has 0 aliphatic carbocycles. The zero-order valence-corrected chi connectivity index (χ0v) is 24.2. The van der Waals surface area contributed by atoms with E-state index in [1.54, 1.807) is 49.3 Å². The van der Waals surface area contributed by atoms with Crippen LogP contribution >= 0.6 is 0 Å². The number of alkyl carbamates (subject to hydrolysis) is 1. The van der Waals surface area contributed by atoms with Crippen molar-refractivity contribution in [1.82, 2.24) is 24.9 Å². The minimum atomic E-state index is -0.613. The monoisotopic (exact) mass is 559 g/mol. The maximum atomic E-state index is 13.9. The Morgan fingerprint density at radius 2 is 1.73 bits per heavy atom. The fourth-order valence-corrected chi connectivity index (χ4v) is 4.70. The quantitative estimate of drug-likeness (QED) is 0.264. The molecule has 0 bridgehead atoms. The lowest BCUT2D eigenvalue weighted by Crippen LogP contribution is -2.41. The highest BCUT2D eigenvalue weighted by Crippen LogP contribution is 2.27. The van der Waals surface area contributed by atoms with E-state index >= 15 is 0 Å². The molecule has 0 radical (unpaired) electrons. The van der Waals surface area contributed by atoms with Crippen LogP contribution in [0, 0.1) is 6.92 Å². The van der Waals surface area contributed by atoms with Crippen molar-refractivity contribution in [3.05, 3.63) is 93.7 Å². The van der Waals surface area contributed by atoms with Gasteiger partial charge in [-0.25, -0.2) is 4.79 Å². The Bertz CT molecular complexity index is 1540. The summed E-state index contributed by atoms with van der Waals surface area (Å²) in [7, 11) is 0. The van der Waals surface area contributed by atoms with Crippen LogP contribution in [0.1, 0.15) is 74.0 Å². The van der Waals surface area contributed by atoms with Gasteiger partial charge in [0.25, 0.3) is 17.2 Å². The van der Waals surface area contributed by atoms with Crippen molar-refractivity contribution in [1.29, 1.82) is 0 Å². The molecule has 2 heterocycles. The first kappa shape index (κ1) is 29.5.